The lowest BCUT2D eigenvalue weighted by Gasteiger charge is -2.26. The normalized spacial score (nSPS) is 14.3. The molecule has 1 aliphatic rings. The Morgan fingerprint density at radius 3 is 2.55 bits per heavy atom. The average Bonchev–Trinajstić information content (AvgIpc) is 3.41. The first-order valence-electron chi connectivity index (χ1n) is 11.2. The van der Waals surface area contributed by atoms with Gasteiger partial charge < -0.3 is 20.5 Å². The maximum atomic E-state index is 13.0. The van der Waals surface area contributed by atoms with Crippen molar-refractivity contribution in [3.05, 3.63) is 45.1 Å². The van der Waals surface area contributed by atoms with Gasteiger partial charge in [-0.1, -0.05) is 30.9 Å². The van der Waals surface area contributed by atoms with E-state index >= 15 is 0 Å². The van der Waals surface area contributed by atoms with Crippen LogP contribution in [0.1, 0.15) is 59.1 Å². The standard InChI is InChI=1S/C24H27ClN4O3S/c1-3-26-23(31)20-16-10-9-15(29(2)24(32)14-7-5-4-6-8-14)13-17(16)27-21(20)28-22(30)18-11-12-19(25)33-18/h9-14,27H,3-8H2,1-2H3,(H,26,31)(H,28,30). The maximum absolute atomic E-state index is 13.0. The minimum absolute atomic E-state index is 0.0569. The first-order valence-corrected chi connectivity index (χ1v) is 12.4. The molecule has 0 atom stereocenters. The number of H-pyrrole nitrogens is 1. The molecule has 1 fully saturated rings. The van der Waals surface area contributed by atoms with Gasteiger partial charge in [0.25, 0.3) is 11.8 Å². The Labute approximate surface area is 201 Å². The van der Waals surface area contributed by atoms with Crippen LogP contribution in [0, 0.1) is 5.92 Å². The molecule has 0 bridgehead atoms. The molecule has 1 aliphatic carbocycles. The van der Waals surface area contributed by atoms with Crippen molar-refractivity contribution in [3.8, 4) is 0 Å². The van der Waals surface area contributed by atoms with E-state index in [1.807, 2.05) is 25.1 Å². The number of nitrogens with zero attached hydrogens (tertiary/aromatic N) is 1. The fourth-order valence-corrected chi connectivity index (χ4v) is 5.27. The molecule has 4 rings (SSSR count). The van der Waals surface area contributed by atoms with Gasteiger partial charge in [-0.2, -0.15) is 0 Å². The third-order valence-electron chi connectivity index (χ3n) is 6.05. The van der Waals surface area contributed by atoms with Crippen molar-refractivity contribution in [2.45, 2.75) is 39.0 Å². The number of fused-ring (bicyclic) bond motifs is 1. The molecule has 174 valence electrons. The molecule has 0 spiro atoms. The summed E-state index contributed by atoms with van der Waals surface area (Å²) in [7, 11) is 1.79. The number of halogens is 1. The number of thiophene rings is 1. The Bertz CT molecular complexity index is 1200. The van der Waals surface area contributed by atoms with Gasteiger partial charge in [-0.25, -0.2) is 0 Å². The summed E-state index contributed by atoms with van der Waals surface area (Å²) in [5.41, 5.74) is 1.76. The number of hydrogen-bond acceptors (Lipinski definition) is 4. The van der Waals surface area contributed by atoms with Crippen molar-refractivity contribution < 1.29 is 14.4 Å². The monoisotopic (exact) mass is 486 g/mol. The zero-order valence-electron chi connectivity index (χ0n) is 18.7. The second kappa shape index (κ2) is 9.97. The Kier molecular flexibility index (Phi) is 7.05. The van der Waals surface area contributed by atoms with Crippen molar-refractivity contribution >= 4 is 63.1 Å². The van der Waals surface area contributed by atoms with Crippen molar-refractivity contribution in [1.29, 1.82) is 0 Å². The van der Waals surface area contributed by atoms with E-state index in [1.165, 1.54) is 6.42 Å². The smallest absolute Gasteiger partial charge is 0.266 e. The van der Waals surface area contributed by atoms with Crippen LogP contribution >= 0.6 is 22.9 Å². The number of hydrogen-bond donors (Lipinski definition) is 3. The summed E-state index contributed by atoms with van der Waals surface area (Å²) in [4.78, 5) is 43.8. The SMILES string of the molecule is CCNC(=O)c1c(NC(=O)c2ccc(Cl)s2)[nH]c2cc(N(C)C(=O)C3CCCCC3)ccc12. The molecule has 9 heteroatoms. The van der Waals surface area contributed by atoms with E-state index < -0.39 is 0 Å². The molecule has 3 N–H and O–H groups in total. The van der Waals surface area contributed by atoms with Crippen molar-refractivity contribution in [2.75, 3.05) is 23.8 Å². The molecule has 0 radical (unpaired) electrons. The van der Waals surface area contributed by atoms with E-state index in [4.69, 9.17) is 11.6 Å². The van der Waals surface area contributed by atoms with Gasteiger partial charge in [0.2, 0.25) is 5.91 Å². The summed E-state index contributed by atoms with van der Waals surface area (Å²) in [5, 5.41) is 6.28. The average molecular weight is 487 g/mol. The zero-order valence-corrected chi connectivity index (χ0v) is 20.2. The number of rotatable bonds is 6. The molecule has 1 saturated carbocycles. The molecule has 0 saturated heterocycles. The number of aromatic amines is 1. The lowest BCUT2D eigenvalue weighted by Crippen LogP contribution is -2.33. The zero-order chi connectivity index (χ0) is 23.5. The molecule has 0 unspecified atom stereocenters. The third kappa shape index (κ3) is 4.91. The van der Waals surface area contributed by atoms with Crippen LogP contribution in [0.15, 0.2) is 30.3 Å². The fourth-order valence-electron chi connectivity index (χ4n) is 4.33. The van der Waals surface area contributed by atoms with Crippen LogP contribution in [0.5, 0.6) is 0 Å². The quantitative estimate of drug-likeness (QED) is 0.433. The van der Waals surface area contributed by atoms with Gasteiger partial charge in [0.15, 0.2) is 0 Å². The largest absolute Gasteiger partial charge is 0.352 e. The van der Waals surface area contributed by atoms with E-state index in [1.54, 1.807) is 24.1 Å². The topological polar surface area (TPSA) is 94.3 Å². The van der Waals surface area contributed by atoms with Gasteiger partial charge in [0, 0.05) is 36.1 Å². The van der Waals surface area contributed by atoms with E-state index in [9.17, 15) is 14.4 Å². The number of amides is 3. The van der Waals surface area contributed by atoms with Crippen molar-refractivity contribution in [3.63, 3.8) is 0 Å². The van der Waals surface area contributed by atoms with Crippen LogP contribution in [0.3, 0.4) is 0 Å². The molecule has 7 nitrogen and oxygen atoms in total. The Hall–Kier alpha value is -2.84. The van der Waals surface area contributed by atoms with Gasteiger partial charge in [-0.15, -0.1) is 11.3 Å². The first-order chi connectivity index (χ1) is 15.9. The predicted octanol–water partition coefficient (Wildman–Crippen LogP) is 5.43. The van der Waals surface area contributed by atoms with Crippen LogP contribution in [0.25, 0.3) is 10.9 Å². The highest BCUT2D eigenvalue weighted by molar-refractivity contribution is 7.18. The number of nitrogens with one attached hydrogen (secondary N) is 3. The van der Waals surface area contributed by atoms with Crippen LogP contribution in [0.2, 0.25) is 4.34 Å². The number of carbonyl (C=O) groups is 3. The maximum Gasteiger partial charge on any atom is 0.266 e. The highest BCUT2D eigenvalue weighted by Gasteiger charge is 2.26. The van der Waals surface area contributed by atoms with E-state index in [0.717, 1.165) is 42.7 Å². The molecular formula is C24H27ClN4O3S. The highest BCUT2D eigenvalue weighted by atomic mass is 35.5. The van der Waals surface area contributed by atoms with Crippen LogP contribution < -0.4 is 15.5 Å². The summed E-state index contributed by atoms with van der Waals surface area (Å²) in [6, 6.07) is 8.79. The second-order valence-corrected chi connectivity index (χ2v) is 9.97. The molecular weight excluding hydrogens is 460 g/mol. The number of anilines is 2. The Morgan fingerprint density at radius 2 is 1.88 bits per heavy atom. The summed E-state index contributed by atoms with van der Waals surface area (Å²) >= 11 is 7.12. The molecule has 1 aromatic carbocycles. The van der Waals surface area contributed by atoms with Crippen LogP contribution in [-0.2, 0) is 4.79 Å². The molecule has 33 heavy (non-hydrogen) atoms. The fraction of sp³-hybridized carbons (Fsp3) is 0.375. The molecule has 0 aliphatic heterocycles. The van der Waals surface area contributed by atoms with Gasteiger partial charge in [-0.3, -0.25) is 14.4 Å². The Morgan fingerprint density at radius 1 is 1.12 bits per heavy atom. The Balaban J connectivity index is 1.67. The highest BCUT2D eigenvalue weighted by Crippen LogP contribution is 2.32. The van der Waals surface area contributed by atoms with E-state index in [0.29, 0.717) is 38.0 Å². The molecule has 2 heterocycles. The number of benzene rings is 1. The van der Waals surface area contributed by atoms with Crippen molar-refractivity contribution in [1.82, 2.24) is 10.3 Å². The predicted molar refractivity (Wildman–Crippen MR) is 134 cm³/mol. The number of aromatic nitrogens is 1. The van der Waals surface area contributed by atoms with Crippen LogP contribution in [-0.4, -0.2) is 36.3 Å². The summed E-state index contributed by atoms with van der Waals surface area (Å²) in [5.74, 6) is -0.158. The van der Waals surface area contributed by atoms with Gasteiger partial charge in [0.05, 0.1) is 14.8 Å². The van der Waals surface area contributed by atoms with E-state index in [-0.39, 0.29) is 23.6 Å². The van der Waals surface area contributed by atoms with Gasteiger partial charge in [-0.05, 0) is 50.1 Å². The minimum atomic E-state index is -0.353. The lowest BCUT2D eigenvalue weighted by molar-refractivity contribution is -0.123. The number of carbonyl (C=O) groups excluding carboxylic acids is 3. The summed E-state index contributed by atoms with van der Waals surface area (Å²) < 4.78 is 0.510. The van der Waals surface area contributed by atoms with Crippen molar-refractivity contribution in [2.24, 2.45) is 5.92 Å². The van der Waals surface area contributed by atoms with E-state index in [2.05, 4.69) is 15.6 Å². The van der Waals surface area contributed by atoms with Crippen LogP contribution in [0.4, 0.5) is 11.5 Å². The van der Waals surface area contributed by atoms with Gasteiger partial charge in [0.1, 0.15) is 5.82 Å². The molecule has 3 amide bonds. The summed E-state index contributed by atoms with van der Waals surface area (Å²) in [6.07, 6.45) is 5.23. The summed E-state index contributed by atoms with van der Waals surface area (Å²) in [6.45, 7) is 2.29. The first kappa shape index (κ1) is 23.3. The van der Waals surface area contributed by atoms with Gasteiger partial charge >= 0.3 is 0 Å². The lowest BCUT2D eigenvalue weighted by atomic mass is 9.88. The minimum Gasteiger partial charge on any atom is -0.352 e. The third-order valence-corrected chi connectivity index (χ3v) is 7.28. The second-order valence-electron chi connectivity index (χ2n) is 8.25. The molecule has 3 aromatic rings. The molecule has 2 aromatic heterocycles.